The van der Waals surface area contributed by atoms with E-state index < -0.39 is 0 Å². The molecule has 78 valence electrons. The first kappa shape index (κ1) is 10.1. The maximum Gasteiger partial charge on any atom is 0.151 e. The molecule has 2 aromatic rings. The van der Waals surface area contributed by atoms with Crippen molar-refractivity contribution in [2.75, 3.05) is 5.43 Å². The van der Waals surface area contributed by atoms with Crippen LogP contribution in [-0.4, -0.2) is 9.97 Å². The molecule has 3 N–H and O–H groups in total. The molecule has 6 heteroatoms. The molecule has 0 bridgehead atoms. The summed E-state index contributed by atoms with van der Waals surface area (Å²) in [5, 5.41) is 0.534. The van der Waals surface area contributed by atoms with Gasteiger partial charge in [-0.05, 0) is 18.2 Å². The normalized spacial score (nSPS) is 10.6. The number of nitrogens with two attached hydrogens (primary N) is 1. The Kier molecular flexibility index (Phi) is 2.66. The van der Waals surface area contributed by atoms with Crippen molar-refractivity contribution in [3.8, 4) is 0 Å². The number of fused-ring (bicyclic) bond motifs is 1. The predicted molar refractivity (Wildman–Crippen MR) is 56.9 cm³/mol. The number of halogens is 2. The van der Waals surface area contributed by atoms with Crippen LogP contribution in [0.4, 0.5) is 10.2 Å². The van der Waals surface area contributed by atoms with Gasteiger partial charge in [0.1, 0.15) is 11.6 Å². The number of aromatic nitrogens is 2. The highest BCUT2D eigenvalue weighted by atomic mass is 35.5. The molecular weight excluding hydrogens is 219 g/mol. The van der Waals surface area contributed by atoms with Gasteiger partial charge < -0.3 is 5.43 Å². The zero-order chi connectivity index (χ0) is 10.8. The van der Waals surface area contributed by atoms with Crippen LogP contribution in [0.2, 0.25) is 0 Å². The van der Waals surface area contributed by atoms with Crippen molar-refractivity contribution >= 4 is 28.3 Å². The number of benzene rings is 1. The summed E-state index contributed by atoms with van der Waals surface area (Å²) in [5.41, 5.74) is 3.00. The summed E-state index contributed by atoms with van der Waals surface area (Å²) in [6, 6.07) is 4.21. The molecule has 4 nitrogen and oxygen atoms in total. The first-order valence-corrected chi connectivity index (χ1v) is 4.77. The molecule has 2 rings (SSSR count). The second kappa shape index (κ2) is 3.96. The van der Waals surface area contributed by atoms with Crippen LogP contribution < -0.4 is 11.3 Å². The summed E-state index contributed by atoms with van der Waals surface area (Å²) in [5.74, 6) is 5.92. The predicted octanol–water partition coefficient (Wildman–Crippen LogP) is 1.79. The van der Waals surface area contributed by atoms with Gasteiger partial charge in [0, 0.05) is 5.39 Å². The first-order valence-electron chi connectivity index (χ1n) is 4.23. The Morgan fingerprint density at radius 3 is 2.87 bits per heavy atom. The molecular formula is C9H8ClFN4. The van der Waals surface area contributed by atoms with E-state index in [0.29, 0.717) is 22.5 Å². The molecule has 0 atom stereocenters. The number of hydrazine groups is 1. The summed E-state index contributed by atoms with van der Waals surface area (Å²) in [6.45, 7) is 0. The molecule has 1 heterocycles. The maximum absolute atomic E-state index is 13.0. The molecule has 0 spiro atoms. The molecule has 0 fully saturated rings. The molecule has 0 aliphatic rings. The van der Waals surface area contributed by atoms with E-state index in [1.165, 1.54) is 12.1 Å². The lowest BCUT2D eigenvalue weighted by Gasteiger charge is -2.06. The highest BCUT2D eigenvalue weighted by molar-refractivity contribution is 6.16. The minimum atomic E-state index is -0.360. The van der Waals surface area contributed by atoms with Gasteiger partial charge in [-0.1, -0.05) is 0 Å². The molecule has 0 amide bonds. The number of hydrogen-bond donors (Lipinski definition) is 2. The molecule has 15 heavy (non-hydrogen) atoms. The average Bonchev–Trinajstić information content (AvgIpc) is 2.27. The van der Waals surface area contributed by atoms with Gasteiger partial charge in [-0.25, -0.2) is 20.2 Å². The molecule has 0 unspecified atom stereocenters. The smallest absolute Gasteiger partial charge is 0.151 e. The Balaban J connectivity index is 2.75. The fourth-order valence-corrected chi connectivity index (χ4v) is 1.44. The lowest BCUT2D eigenvalue weighted by molar-refractivity contribution is 0.629. The minimum Gasteiger partial charge on any atom is -0.308 e. The van der Waals surface area contributed by atoms with Crippen LogP contribution in [0.1, 0.15) is 5.82 Å². The van der Waals surface area contributed by atoms with Gasteiger partial charge in [0.15, 0.2) is 5.82 Å². The summed E-state index contributed by atoms with van der Waals surface area (Å²) in [6.07, 6.45) is 0. The van der Waals surface area contributed by atoms with E-state index in [1.54, 1.807) is 6.07 Å². The Morgan fingerprint density at radius 1 is 1.40 bits per heavy atom. The maximum atomic E-state index is 13.0. The average molecular weight is 227 g/mol. The second-order valence-corrected chi connectivity index (χ2v) is 3.20. The van der Waals surface area contributed by atoms with E-state index in [1.807, 2.05) is 0 Å². The van der Waals surface area contributed by atoms with E-state index in [-0.39, 0.29) is 11.7 Å². The first-order chi connectivity index (χ1) is 7.24. The van der Waals surface area contributed by atoms with Crippen LogP contribution >= 0.6 is 11.6 Å². The van der Waals surface area contributed by atoms with E-state index >= 15 is 0 Å². The summed E-state index contributed by atoms with van der Waals surface area (Å²) < 4.78 is 13.0. The molecule has 0 saturated heterocycles. The van der Waals surface area contributed by atoms with E-state index in [0.717, 1.165) is 0 Å². The second-order valence-electron chi connectivity index (χ2n) is 2.93. The summed E-state index contributed by atoms with van der Waals surface area (Å²) in [4.78, 5) is 8.17. The third-order valence-corrected chi connectivity index (χ3v) is 2.20. The van der Waals surface area contributed by atoms with Crippen LogP contribution in [0.5, 0.6) is 0 Å². The third-order valence-electron chi connectivity index (χ3n) is 1.96. The SMILES string of the molecule is NNc1nc(CCl)nc2ccc(F)cc12. The van der Waals surface area contributed by atoms with Gasteiger partial charge in [0.05, 0.1) is 11.4 Å². The van der Waals surface area contributed by atoms with Crippen LogP contribution in [-0.2, 0) is 5.88 Å². The lowest BCUT2D eigenvalue weighted by Crippen LogP contribution is -2.11. The minimum absolute atomic E-state index is 0.183. The highest BCUT2D eigenvalue weighted by Gasteiger charge is 2.06. The van der Waals surface area contributed by atoms with Crippen LogP contribution in [0, 0.1) is 5.82 Å². The van der Waals surface area contributed by atoms with Crippen LogP contribution in [0.25, 0.3) is 10.9 Å². The van der Waals surface area contributed by atoms with Gasteiger partial charge in [0.2, 0.25) is 0 Å². The monoisotopic (exact) mass is 226 g/mol. The van der Waals surface area contributed by atoms with Crippen LogP contribution in [0.15, 0.2) is 18.2 Å². The number of nitrogens with one attached hydrogen (secondary N) is 1. The van der Waals surface area contributed by atoms with Gasteiger partial charge in [0.25, 0.3) is 0 Å². The number of nitrogen functional groups attached to an aromatic ring is 1. The summed E-state index contributed by atoms with van der Waals surface area (Å²) in [7, 11) is 0. The van der Waals surface area contributed by atoms with Crippen molar-refractivity contribution in [3.63, 3.8) is 0 Å². The summed E-state index contributed by atoms with van der Waals surface area (Å²) >= 11 is 5.62. The molecule has 0 aliphatic heterocycles. The lowest BCUT2D eigenvalue weighted by atomic mass is 10.2. The van der Waals surface area contributed by atoms with Crippen molar-refractivity contribution in [3.05, 3.63) is 29.8 Å². The van der Waals surface area contributed by atoms with Gasteiger partial charge >= 0.3 is 0 Å². The largest absolute Gasteiger partial charge is 0.308 e. The van der Waals surface area contributed by atoms with E-state index in [2.05, 4.69) is 15.4 Å². The zero-order valence-electron chi connectivity index (χ0n) is 7.67. The standard InChI is InChI=1S/C9H8ClFN4/c10-4-8-13-7-2-1-5(11)3-6(7)9(14-8)15-12/h1-3H,4,12H2,(H,13,14,15). The molecule has 0 radical (unpaired) electrons. The zero-order valence-corrected chi connectivity index (χ0v) is 8.42. The fourth-order valence-electron chi connectivity index (χ4n) is 1.32. The third kappa shape index (κ3) is 1.84. The van der Waals surface area contributed by atoms with Crippen molar-refractivity contribution in [1.82, 2.24) is 9.97 Å². The quantitative estimate of drug-likeness (QED) is 0.466. The Morgan fingerprint density at radius 2 is 2.20 bits per heavy atom. The van der Waals surface area contributed by atoms with Crippen molar-refractivity contribution in [2.24, 2.45) is 5.84 Å². The van der Waals surface area contributed by atoms with Gasteiger partial charge in [-0.2, -0.15) is 0 Å². The van der Waals surface area contributed by atoms with Gasteiger partial charge in [-0.15, -0.1) is 11.6 Å². The Bertz CT molecular complexity index is 503. The van der Waals surface area contributed by atoms with Crippen molar-refractivity contribution < 1.29 is 4.39 Å². The number of anilines is 1. The Labute approximate surface area is 90.2 Å². The van der Waals surface area contributed by atoms with Crippen molar-refractivity contribution in [1.29, 1.82) is 0 Å². The Hall–Kier alpha value is -1.46. The number of rotatable bonds is 2. The van der Waals surface area contributed by atoms with Gasteiger partial charge in [-0.3, -0.25) is 0 Å². The molecule has 0 saturated carbocycles. The topological polar surface area (TPSA) is 63.8 Å². The number of nitrogens with zero attached hydrogens (tertiary/aromatic N) is 2. The number of alkyl halides is 1. The highest BCUT2D eigenvalue weighted by Crippen LogP contribution is 2.20. The van der Waals surface area contributed by atoms with Crippen LogP contribution in [0.3, 0.4) is 0 Å². The molecule has 1 aromatic heterocycles. The van der Waals surface area contributed by atoms with E-state index in [4.69, 9.17) is 17.4 Å². The van der Waals surface area contributed by atoms with Crippen molar-refractivity contribution in [2.45, 2.75) is 5.88 Å². The van der Waals surface area contributed by atoms with E-state index in [9.17, 15) is 4.39 Å². The fraction of sp³-hybridized carbons (Fsp3) is 0.111. The molecule has 1 aromatic carbocycles. The number of hydrogen-bond acceptors (Lipinski definition) is 4. The molecule has 0 aliphatic carbocycles.